The average molecular weight is 406 g/mol. The Morgan fingerprint density at radius 2 is 1.93 bits per heavy atom. The molecule has 154 valence electrons. The van der Waals surface area contributed by atoms with Gasteiger partial charge in [0.1, 0.15) is 11.5 Å². The molecule has 2 aromatic carbocycles. The van der Waals surface area contributed by atoms with Crippen LogP contribution in [0.2, 0.25) is 0 Å². The molecule has 1 unspecified atom stereocenters. The van der Waals surface area contributed by atoms with Crippen molar-refractivity contribution < 1.29 is 14.3 Å². The Bertz CT molecular complexity index is 1100. The number of aromatic amines is 1. The number of aryl methyl sites for hydroxylation is 1. The van der Waals surface area contributed by atoms with Gasteiger partial charge in [0.05, 0.1) is 6.04 Å². The van der Waals surface area contributed by atoms with Crippen LogP contribution in [0.3, 0.4) is 0 Å². The van der Waals surface area contributed by atoms with Gasteiger partial charge in [0, 0.05) is 19.3 Å². The fourth-order valence-corrected chi connectivity index (χ4v) is 3.25. The zero-order chi connectivity index (χ0) is 20.9. The van der Waals surface area contributed by atoms with Crippen LogP contribution in [0, 0.1) is 0 Å². The molecular formula is C22H22N4O4. The van der Waals surface area contributed by atoms with Crippen molar-refractivity contribution in [2.24, 2.45) is 0 Å². The summed E-state index contributed by atoms with van der Waals surface area (Å²) in [4.78, 5) is 27.3. The molecule has 0 saturated carbocycles. The number of carbonyl (C=O) groups is 1. The van der Waals surface area contributed by atoms with Crippen molar-refractivity contribution in [3.8, 4) is 11.5 Å². The predicted octanol–water partition coefficient (Wildman–Crippen LogP) is 2.29. The molecule has 0 bridgehead atoms. The van der Waals surface area contributed by atoms with E-state index in [1.807, 2.05) is 55.5 Å². The van der Waals surface area contributed by atoms with Gasteiger partial charge in [-0.05, 0) is 30.2 Å². The minimum absolute atomic E-state index is 0.104. The zero-order valence-electron chi connectivity index (χ0n) is 16.6. The third-order valence-electron chi connectivity index (χ3n) is 4.89. The molecule has 0 radical (unpaired) electrons. The van der Waals surface area contributed by atoms with Crippen LogP contribution < -0.4 is 20.3 Å². The second-order valence-electron chi connectivity index (χ2n) is 7.11. The van der Waals surface area contributed by atoms with Crippen LogP contribution in [-0.2, 0) is 17.6 Å². The maximum Gasteiger partial charge on any atom is 0.272 e. The first-order chi connectivity index (χ1) is 14.6. The van der Waals surface area contributed by atoms with Crippen LogP contribution >= 0.6 is 0 Å². The number of benzene rings is 2. The molecule has 2 N–H and O–H groups in total. The predicted molar refractivity (Wildman–Crippen MR) is 109 cm³/mol. The van der Waals surface area contributed by atoms with E-state index < -0.39 is 0 Å². The number of hydrogen-bond donors (Lipinski definition) is 2. The first-order valence-corrected chi connectivity index (χ1v) is 9.76. The topological polar surface area (TPSA) is 106 Å². The van der Waals surface area contributed by atoms with Crippen molar-refractivity contribution in [3.63, 3.8) is 0 Å². The minimum Gasteiger partial charge on any atom is -0.454 e. The fraction of sp³-hybridized carbons (Fsp3) is 0.273. The Morgan fingerprint density at radius 1 is 1.13 bits per heavy atom. The molecule has 1 atom stereocenters. The summed E-state index contributed by atoms with van der Waals surface area (Å²) in [5.41, 5.74) is 1.86. The third-order valence-corrected chi connectivity index (χ3v) is 4.89. The van der Waals surface area contributed by atoms with E-state index in [0.29, 0.717) is 23.7 Å². The first-order valence-electron chi connectivity index (χ1n) is 9.76. The lowest BCUT2D eigenvalue weighted by Gasteiger charge is -2.14. The molecule has 0 fully saturated rings. The summed E-state index contributed by atoms with van der Waals surface area (Å²) in [6, 6.07) is 15.2. The lowest BCUT2D eigenvalue weighted by molar-refractivity contribution is -0.121. The maximum absolute atomic E-state index is 12.3. The number of hydrogen-bond acceptors (Lipinski definition) is 6. The SMILES string of the molecule is CC(NC(=O)CCc1nnc(Cc2ccc3c(c2)OCO3)[nH]c1=O)c1ccccc1. The summed E-state index contributed by atoms with van der Waals surface area (Å²) < 4.78 is 10.7. The average Bonchev–Trinajstić information content (AvgIpc) is 3.21. The molecule has 4 rings (SSSR count). The molecule has 1 aromatic heterocycles. The van der Waals surface area contributed by atoms with Crippen LogP contribution in [0.25, 0.3) is 0 Å². The van der Waals surface area contributed by atoms with Crippen LogP contribution in [0.15, 0.2) is 53.3 Å². The summed E-state index contributed by atoms with van der Waals surface area (Å²) in [6.45, 7) is 2.13. The van der Waals surface area contributed by atoms with Gasteiger partial charge >= 0.3 is 0 Å². The quantitative estimate of drug-likeness (QED) is 0.624. The van der Waals surface area contributed by atoms with Crippen molar-refractivity contribution in [3.05, 3.63) is 81.5 Å². The van der Waals surface area contributed by atoms with Crippen LogP contribution in [0.5, 0.6) is 11.5 Å². The van der Waals surface area contributed by atoms with Crippen LogP contribution in [-0.4, -0.2) is 27.9 Å². The van der Waals surface area contributed by atoms with Crippen molar-refractivity contribution in [2.45, 2.75) is 32.2 Å². The second-order valence-corrected chi connectivity index (χ2v) is 7.11. The van der Waals surface area contributed by atoms with E-state index in [9.17, 15) is 9.59 Å². The molecule has 0 aliphatic carbocycles. The van der Waals surface area contributed by atoms with Gasteiger partial charge in [-0.25, -0.2) is 0 Å². The highest BCUT2D eigenvalue weighted by Crippen LogP contribution is 2.32. The molecule has 0 saturated heterocycles. The zero-order valence-corrected chi connectivity index (χ0v) is 16.6. The van der Waals surface area contributed by atoms with Gasteiger partial charge in [-0.2, -0.15) is 0 Å². The summed E-state index contributed by atoms with van der Waals surface area (Å²) in [5, 5.41) is 11.1. The van der Waals surface area contributed by atoms with Crippen LogP contribution in [0.4, 0.5) is 0 Å². The highest BCUT2D eigenvalue weighted by molar-refractivity contribution is 5.76. The van der Waals surface area contributed by atoms with E-state index >= 15 is 0 Å². The number of rotatable bonds is 7. The number of nitrogens with one attached hydrogen (secondary N) is 2. The maximum atomic E-state index is 12.3. The summed E-state index contributed by atoms with van der Waals surface area (Å²) in [5.74, 6) is 1.69. The molecule has 1 aliphatic heterocycles. The fourth-order valence-electron chi connectivity index (χ4n) is 3.25. The Kier molecular flexibility index (Phi) is 5.74. The van der Waals surface area contributed by atoms with Gasteiger partial charge in [0.2, 0.25) is 12.7 Å². The standard InChI is InChI=1S/C22H22N4O4/c1-14(16-5-3-2-4-6-16)23-21(27)10-8-17-22(28)24-20(26-25-17)12-15-7-9-18-19(11-15)30-13-29-18/h2-7,9,11,14H,8,10,12-13H2,1H3,(H,23,27)(H,24,26,28). The van der Waals surface area contributed by atoms with Gasteiger partial charge in [0.25, 0.3) is 5.56 Å². The molecule has 1 amide bonds. The number of H-pyrrole nitrogens is 1. The largest absolute Gasteiger partial charge is 0.454 e. The lowest BCUT2D eigenvalue weighted by atomic mass is 10.1. The highest BCUT2D eigenvalue weighted by atomic mass is 16.7. The first kappa shape index (κ1) is 19.6. The van der Waals surface area contributed by atoms with Crippen molar-refractivity contribution >= 4 is 5.91 Å². The third kappa shape index (κ3) is 4.65. The van der Waals surface area contributed by atoms with E-state index in [2.05, 4.69) is 20.5 Å². The van der Waals surface area contributed by atoms with Gasteiger partial charge in [-0.3, -0.25) is 9.59 Å². The smallest absolute Gasteiger partial charge is 0.272 e. The summed E-state index contributed by atoms with van der Waals surface area (Å²) in [6.07, 6.45) is 0.796. The summed E-state index contributed by atoms with van der Waals surface area (Å²) >= 11 is 0. The molecule has 30 heavy (non-hydrogen) atoms. The molecule has 8 heteroatoms. The molecule has 2 heterocycles. The molecule has 8 nitrogen and oxygen atoms in total. The Morgan fingerprint density at radius 3 is 2.73 bits per heavy atom. The minimum atomic E-state index is -0.329. The van der Waals surface area contributed by atoms with E-state index in [0.717, 1.165) is 11.1 Å². The monoisotopic (exact) mass is 406 g/mol. The van der Waals surface area contributed by atoms with Gasteiger partial charge in [-0.15, -0.1) is 10.2 Å². The van der Waals surface area contributed by atoms with Gasteiger partial charge in [0.15, 0.2) is 11.5 Å². The number of aromatic nitrogens is 3. The van der Waals surface area contributed by atoms with E-state index in [1.165, 1.54) is 0 Å². The number of carbonyl (C=O) groups excluding carboxylic acids is 1. The second kappa shape index (κ2) is 8.77. The molecule has 3 aromatic rings. The van der Waals surface area contributed by atoms with Gasteiger partial charge in [-0.1, -0.05) is 36.4 Å². The van der Waals surface area contributed by atoms with Crippen LogP contribution in [0.1, 0.15) is 42.0 Å². The van der Waals surface area contributed by atoms with Gasteiger partial charge < -0.3 is 19.8 Å². The Labute approximate surface area is 173 Å². The summed E-state index contributed by atoms with van der Waals surface area (Å²) in [7, 11) is 0. The number of ether oxygens (including phenoxy) is 2. The number of nitrogens with zero attached hydrogens (tertiary/aromatic N) is 2. The van der Waals surface area contributed by atoms with Crippen molar-refractivity contribution in [2.75, 3.05) is 6.79 Å². The molecule has 0 spiro atoms. The number of amides is 1. The molecular weight excluding hydrogens is 384 g/mol. The van der Waals surface area contributed by atoms with E-state index in [1.54, 1.807) is 0 Å². The van der Waals surface area contributed by atoms with Crippen molar-refractivity contribution in [1.29, 1.82) is 0 Å². The number of fused-ring (bicyclic) bond motifs is 1. The molecule has 1 aliphatic rings. The van der Waals surface area contributed by atoms with Crippen molar-refractivity contribution in [1.82, 2.24) is 20.5 Å². The normalized spacial score (nSPS) is 13.1. The van der Waals surface area contributed by atoms with E-state index in [-0.39, 0.29) is 42.8 Å². The van der Waals surface area contributed by atoms with E-state index in [4.69, 9.17) is 9.47 Å². The Hall–Kier alpha value is -3.68. The highest BCUT2D eigenvalue weighted by Gasteiger charge is 2.15. The Balaban J connectivity index is 1.33. The lowest BCUT2D eigenvalue weighted by Crippen LogP contribution is -2.28.